The van der Waals surface area contributed by atoms with Gasteiger partial charge in [0.1, 0.15) is 0 Å². The highest BCUT2D eigenvalue weighted by molar-refractivity contribution is 4.68. The van der Waals surface area contributed by atoms with Crippen molar-refractivity contribution >= 4 is 0 Å². The van der Waals surface area contributed by atoms with Crippen LogP contribution in [0, 0.1) is 35.5 Å². The maximum Gasteiger partial charge on any atom is -0.0438 e. The van der Waals surface area contributed by atoms with Crippen molar-refractivity contribution in [3.05, 3.63) is 0 Å². The number of rotatable bonds is 12. The Bertz CT molecular complexity index is 230. The van der Waals surface area contributed by atoms with Gasteiger partial charge in [0, 0.05) is 0 Å². The van der Waals surface area contributed by atoms with E-state index in [1.807, 2.05) is 0 Å². The Hall–Kier alpha value is 0. The van der Waals surface area contributed by atoms with Gasteiger partial charge in [-0.15, -0.1) is 0 Å². The minimum absolute atomic E-state index is 0.852. The molecule has 0 aliphatic carbocycles. The zero-order valence-electron chi connectivity index (χ0n) is 16.4. The fraction of sp³-hybridized carbons (Fsp3) is 1.00. The van der Waals surface area contributed by atoms with Gasteiger partial charge in [0.25, 0.3) is 0 Å². The van der Waals surface area contributed by atoms with Gasteiger partial charge in [-0.05, 0) is 67.6 Å². The van der Waals surface area contributed by atoms with E-state index in [4.69, 9.17) is 0 Å². The Labute approximate surface area is 136 Å². The van der Waals surface area contributed by atoms with Crippen molar-refractivity contribution in [2.75, 3.05) is 0 Å². The van der Waals surface area contributed by atoms with Crippen molar-refractivity contribution in [2.45, 2.75) is 100 Å². The third-order valence-electron chi connectivity index (χ3n) is 4.87. The molecular formula is C21H44. The van der Waals surface area contributed by atoms with Gasteiger partial charge < -0.3 is 0 Å². The third-order valence-corrected chi connectivity index (χ3v) is 4.87. The van der Waals surface area contributed by atoms with Gasteiger partial charge in [-0.25, -0.2) is 0 Å². The first kappa shape index (κ1) is 21.0. The second-order valence-electron chi connectivity index (χ2n) is 8.89. The molecule has 128 valence electrons. The molecule has 5 unspecified atom stereocenters. The van der Waals surface area contributed by atoms with Crippen LogP contribution in [-0.4, -0.2) is 0 Å². The topological polar surface area (TPSA) is 0 Å². The average molecular weight is 297 g/mol. The van der Waals surface area contributed by atoms with E-state index in [2.05, 4.69) is 55.4 Å². The third kappa shape index (κ3) is 12.2. The first-order valence-corrected chi connectivity index (χ1v) is 9.74. The fourth-order valence-electron chi connectivity index (χ4n) is 4.55. The molecule has 0 radical (unpaired) electrons. The molecule has 0 aromatic carbocycles. The molecule has 0 aromatic rings. The molecule has 0 saturated carbocycles. The fourth-order valence-corrected chi connectivity index (χ4v) is 4.55. The van der Waals surface area contributed by atoms with E-state index in [1.165, 1.54) is 44.9 Å². The molecule has 0 saturated heterocycles. The van der Waals surface area contributed by atoms with Crippen molar-refractivity contribution in [3.63, 3.8) is 0 Å². The van der Waals surface area contributed by atoms with Gasteiger partial charge in [-0.2, -0.15) is 0 Å². The Morgan fingerprint density at radius 3 is 1.14 bits per heavy atom. The molecule has 0 N–H and O–H groups in total. The van der Waals surface area contributed by atoms with Crippen molar-refractivity contribution in [1.29, 1.82) is 0 Å². The molecule has 0 amide bonds. The summed E-state index contributed by atoms with van der Waals surface area (Å²) in [5.41, 5.74) is 0. The van der Waals surface area contributed by atoms with Crippen molar-refractivity contribution in [2.24, 2.45) is 35.5 Å². The zero-order valence-corrected chi connectivity index (χ0v) is 16.4. The molecule has 0 rings (SSSR count). The van der Waals surface area contributed by atoms with E-state index in [-0.39, 0.29) is 0 Å². The standard InChI is InChI=1S/C21H44/c1-9-10-17(4)12-19(6)14-21(8)15-20(7)13-18(5)11-16(2)3/h16-21H,9-15H2,1-8H3. The van der Waals surface area contributed by atoms with Crippen LogP contribution in [0.1, 0.15) is 100 Å². The van der Waals surface area contributed by atoms with Crippen LogP contribution in [0.2, 0.25) is 0 Å². The lowest BCUT2D eigenvalue weighted by Gasteiger charge is -2.24. The predicted octanol–water partition coefficient (Wildman–Crippen LogP) is 7.57. The van der Waals surface area contributed by atoms with Crippen LogP contribution in [0.3, 0.4) is 0 Å². The molecule has 0 heterocycles. The summed E-state index contributed by atoms with van der Waals surface area (Å²) in [6.45, 7) is 19.3. The van der Waals surface area contributed by atoms with Crippen LogP contribution in [0.4, 0.5) is 0 Å². The summed E-state index contributed by atoms with van der Waals surface area (Å²) in [7, 11) is 0. The second kappa shape index (κ2) is 11.6. The molecule has 0 bridgehead atoms. The van der Waals surface area contributed by atoms with Gasteiger partial charge in [-0.1, -0.05) is 68.2 Å². The smallest absolute Gasteiger partial charge is 0.0438 e. The lowest BCUT2D eigenvalue weighted by Crippen LogP contribution is -2.12. The molecule has 0 spiro atoms. The molecule has 0 nitrogen and oxygen atoms in total. The highest BCUT2D eigenvalue weighted by atomic mass is 14.2. The summed E-state index contributed by atoms with van der Waals surface area (Å²) in [6.07, 6.45) is 9.84. The second-order valence-corrected chi connectivity index (χ2v) is 8.89. The minimum atomic E-state index is 0.852. The predicted molar refractivity (Wildman–Crippen MR) is 98.7 cm³/mol. The molecule has 0 aliphatic rings. The quantitative estimate of drug-likeness (QED) is 0.348. The summed E-state index contributed by atoms with van der Waals surface area (Å²) in [4.78, 5) is 0. The van der Waals surface area contributed by atoms with Crippen LogP contribution < -0.4 is 0 Å². The van der Waals surface area contributed by atoms with Gasteiger partial charge in [0.2, 0.25) is 0 Å². The highest BCUT2D eigenvalue weighted by Crippen LogP contribution is 2.28. The average Bonchev–Trinajstić information content (AvgIpc) is 2.25. The monoisotopic (exact) mass is 296 g/mol. The van der Waals surface area contributed by atoms with Gasteiger partial charge in [0.15, 0.2) is 0 Å². The number of hydrogen-bond acceptors (Lipinski definition) is 0. The largest absolute Gasteiger partial charge is 0.0654 e. The summed E-state index contributed by atoms with van der Waals surface area (Å²) < 4.78 is 0. The Morgan fingerprint density at radius 1 is 0.476 bits per heavy atom. The minimum Gasteiger partial charge on any atom is -0.0654 e. The van der Waals surface area contributed by atoms with Gasteiger partial charge in [-0.3, -0.25) is 0 Å². The number of hydrogen-bond donors (Lipinski definition) is 0. The maximum atomic E-state index is 2.48. The zero-order chi connectivity index (χ0) is 16.4. The van der Waals surface area contributed by atoms with Crippen LogP contribution in [0.15, 0.2) is 0 Å². The van der Waals surface area contributed by atoms with E-state index in [9.17, 15) is 0 Å². The first-order chi connectivity index (χ1) is 9.74. The molecule has 0 fully saturated rings. The van der Waals surface area contributed by atoms with Crippen molar-refractivity contribution in [1.82, 2.24) is 0 Å². The molecule has 5 atom stereocenters. The van der Waals surface area contributed by atoms with Crippen LogP contribution >= 0.6 is 0 Å². The lowest BCUT2D eigenvalue weighted by atomic mass is 9.82. The molecule has 0 heteroatoms. The van der Waals surface area contributed by atoms with Crippen molar-refractivity contribution in [3.8, 4) is 0 Å². The molecule has 0 aromatic heterocycles. The summed E-state index contributed by atoms with van der Waals surface area (Å²) in [5.74, 6) is 5.37. The first-order valence-electron chi connectivity index (χ1n) is 9.74. The SMILES string of the molecule is CCCC(C)CC(C)CC(C)CC(C)CC(C)CC(C)C. The van der Waals surface area contributed by atoms with E-state index in [0.29, 0.717) is 0 Å². The van der Waals surface area contributed by atoms with Gasteiger partial charge in [0.05, 0.1) is 0 Å². The highest BCUT2D eigenvalue weighted by Gasteiger charge is 2.16. The Morgan fingerprint density at radius 2 is 0.810 bits per heavy atom. The van der Waals surface area contributed by atoms with E-state index in [0.717, 1.165) is 35.5 Å². The lowest BCUT2D eigenvalue weighted by molar-refractivity contribution is 0.273. The summed E-state index contributed by atoms with van der Waals surface area (Å²) in [6, 6.07) is 0. The maximum absolute atomic E-state index is 2.48. The van der Waals surface area contributed by atoms with E-state index in [1.54, 1.807) is 0 Å². The van der Waals surface area contributed by atoms with Crippen LogP contribution in [0.25, 0.3) is 0 Å². The summed E-state index contributed by atoms with van der Waals surface area (Å²) >= 11 is 0. The molecule has 0 aliphatic heterocycles. The van der Waals surface area contributed by atoms with Crippen LogP contribution in [0.5, 0.6) is 0 Å². The molecular weight excluding hydrogens is 252 g/mol. The van der Waals surface area contributed by atoms with E-state index >= 15 is 0 Å². The van der Waals surface area contributed by atoms with E-state index < -0.39 is 0 Å². The summed E-state index contributed by atoms with van der Waals surface area (Å²) in [5, 5.41) is 0. The Kier molecular flexibility index (Phi) is 11.6. The Balaban J connectivity index is 3.93. The molecule has 21 heavy (non-hydrogen) atoms. The van der Waals surface area contributed by atoms with Gasteiger partial charge >= 0.3 is 0 Å². The van der Waals surface area contributed by atoms with Crippen molar-refractivity contribution < 1.29 is 0 Å². The van der Waals surface area contributed by atoms with Crippen LogP contribution in [-0.2, 0) is 0 Å². The normalized spacial score (nSPS) is 19.3.